The van der Waals surface area contributed by atoms with Gasteiger partial charge in [-0.1, -0.05) is 23.2 Å². The summed E-state index contributed by atoms with van der Waals surface area (Å²) in [5, 5.41) is 0.841. The number of carbonyl (C=O) groups is 1. The molecular formula is C22H24Cl2N2O5. The van der Waals surface area contributed by atoms with Gasteiger partial charge < -0.3 is 24.1 Å². The van der Waals surface area contributed by atoms with Crippen molar-refractivity contribution in [2.75, 3.05) is 34.0 Å². The van der Waals surface area contributed by atoms with Gasteiger partial charge >= 0.3 is 0 Å². The van der Waals surface area contributed by atoms with Crippen LogP contribution < -0.4 is 10.3 Å². The van der Waals surface area contributed by atoms with E-state index in [1.807, 2.05) is 0 Å². The minimum Gasteiger partial charge on any atom is -0.496 e. The van der Waals surface area contributed by atoms with Crippen LogP contribution in [0.4, 0.5) is 0 Å². The number of pyridine rings is 1. The van der Waals surface area contributed by atoms with E-state index in [-0.39, 0.29) is 30.0 Å². The summed E-state index contributed by atoms with van der Waals surface area (Å²) in [6.45, 7) is 3.44. The molecule has 1 aromatic heterocycles. The summed E-state index contributed by atoms with van der Waals surface area (Å²) in [5.41, 5.74) is 2.58. The number of benzene rings is 1. The zero-order valence-corrected chi connectivity index (χ0v) is 19.1. The van der Waals surface area contributed by atoms with Crippen LogP contribution in [0.5, 0.6) is 5.75 Å². The van der Waals surface area contributed by atoms with Gasteiger partial charge in [-0.05, 0) is 31.0 Å². The molecule has 1 aromatic carbocycles. The smallest absolute Gasteiger partial charge is 0.256 e. The summed E-state index contributed by atoms with van der Waals surface area (Å²) < 4.78 is 16.3. The van der Waals surface area contributed by atoms with Crippen LogP contribution in [0.15, 0.2) is 16.9 Å². The highest BCUT2D eigenvalue weighted by atomic mass is 35.5. The van der Waals surface area contributed by atoms with Gasteiger partial charge in [-0.3, -0.25) is 9.59 Å². The number of H-pyrrole nitrogens is 1. The van der Waals surface area contributed by atoms with Gasteiger partial charge in [-0.15, -0.1) is 0 Å². The highest BCUT2D eigenvalue weighted by Crippen LogP contribution is 2.42. The number of fused-ring (bicyclic) bond motifs is 1. The molecule has 1 fully saturated rings. The fraction of sp³-hybridized carbons (Fsp3) is 0.455. The first-order valence-corrected chi connectivity index (χ1v) is 10.8. The quantitative estimate of drug-likeness (QED) is 0.703. The van der Waals surface area contributed by atoms with Gasteiger partial charge in [-0.2, -0.15) is 0 Å². The maximum atomic E-state index is 13.5. The summed E-state index contributed by atoms with van der Waals surface area (Å²) >= 11 is 13.3. The van der Waals surface area contributed by atoms with Gasteiger partial charge in [0, 0.05) is 35.9 Å². The number of carbonyl (C=O) groups excluding carboxylic acids is 1. The Kier molecular flexibility index (Phi) is 6.30. The molecule has 2 aromatic rings. The lowest BCUT2D eigenvalue weighted by Gasteiger charge is -2.35. The number of hydrogen-bond donors (Lipinski definition) is 1. The number of ether oxygens (including phenoxy) is 3. The molecule has 166 valence electrons. The monoisotopic (exact) mass is 466 g/mol. The van der Waals surface area contributed by atoms with Gasteiger partial charge in [0.05, 0.1) is 49.1 Å². The maximum absolute atomic E-state index is 13.5. The Labute approximate surface area is 190 Å². The lowest BCUT2D eigenvalue weighted by atomic mass is 9.89. The van der Waals surface area contributed by atoms with Crippen LogP contribution in [-0.2, 0) is 22.4 Å². The first-order chi connectivity index (χ1) is 14.8. The number of amides is 1. The minimum atomic E-state index is -0.313. The number of nitrogens with one attached hydrogen (secondary N) is 1. The van der Waals surface area contributed by atoms with E-state index in [0.717, 1.165) is 5.56 Å². The molecule has 0 bridgehead atoms. The summed E-state index contributed by atoms with van der Waals surface area (Å²) in [6.07, 6.45) is 0.225. The van der Waals surface area contributed by atoms with Crippen LogP contribution in [0.3, 0.4) is 0 Å². The van der Waals surface area contributed by atoms with Crippen molar-refractivity contribution in [1.29, 1.82) is 0 Å². The molecule has 0 spiro atoms. The molecule has 0 radical (unpaired) electrons. The van der Waals surface area contributed by atoms with E-state index in [1.54, 1.807) is 31.1 Å². The van der Waals surface area contributed by atoms with Crippen molar-refractivity contribution in [3.63, 3.8) is 0 Å². The summed E-state index contributed by atoms with van der Waals surface area (Å²) in [5.74, 6) is 0.334. The normalized spacial score (nSPS) is 17.3. The number of aromatic amines is 1. The molecule has 1 atom stereocenters. The zero-order chi connectivity index (χ0) is 22.3. The second-order valence-corrected chi connectivity index (χ2v) is 8.66. The molecule has 7 nitrogen and oxygen atoms in total. The van der Waals surface area contributed by atoms with Gasteiger partial charge in [0.2, 0.25) is 0 Å². The average Bonchev–Trinajstić information content (AvgIpc) is 2.70. The van der Waals surface area contributed by atoms with Crippen molar-refractivity contribution in [1.82, 2.24) is 9.88 Å². The molecular weight excluding hydrogens is 443 g/mol. The molecule has 3 heterocycles. The third kappa shape index (κ3) is 3.96. The number of aryl methyl sites for hydroxylation is 1. The number of aromatic nitrogens is 1. The van der Waals surface area contributed by atoms with E-state index >= 15 is 0 Å². The van der Waals surface area contributed by atoms with Crippen LogP contribution in [-0.4, -0.2) is 49.8 Å². The van der Waals surface area contributed by atoms with Gasteiger partial charge in [0.1, 0.15) is 5.75 Å². The first-order valence-electron chi connectivity index (χ1n) is 10.0. The molecule has 1 N–H and O–H groups in total. The summed E-state index contributed by atoms with van der Waals surface area (Å²) in [4.78, 5) is 30.3. The van der Waals surface area contributed by atoms with Crippen LogP contribution in [0.2, 0.25) is 10.0 Å². The number of halogens is 2. The molecule has 9 heteroatoms. The topological polar surface area (TPSA) is 80.9 Å². The van der Waals surface area contributed by atoms with Crippen molar-refractivity contribution >= 4 is 29.1 Å². The van der Waals surface area contributed by atoms with E-state index in [0.29, 0.717) is 64.4 Å². The molecule has 0 saturated carbocycles. The second-order valence-electron chi connectivity index (χ2n) is 7.87. The average molecular weight is 467 g/mol. The highest BCUT2D eigenvalue weighted by molar-refractivity contribution is 6.37. The summed E-state index contributed by atoms with van der Waals surface area (Å²) in [6, 6.07) is 3.54. The number of hydrogen-bond acceptors (Lipinski definition) is 5. The van der Waals surface area contributed by atoms with Crippen molar-refractivity contribution in [2.24, 2.45) is 5.92 Å². The standard InChI is InChI=1S/C22H24Cl2N2O5/c1-11-6-17(29-2)15(21(27)25-11)8-26-5-4-13-16(23)7-14(19(24)18(13)22(26)28)20(30-3)12-9-31-10-12/h6-7,12,20H,4-5,8-10H2,1-3H3,(H,25,27). The third-order valence-electron chi connectivity index (χ3n) is 5.93. The molecule has 0 aliphatic carbocycles. The maximum Gasteiger partial charge on any atom is 0.256 e. The Morgan fingerprint density at radius 1 is 1.26 bits per heavy atom. The van der Waals surface area contributed by atoms with Crippen LogP contribution >= 0.6 is 23.2 Å². The summed E-state index contributed by atoms with van der Waals surface area (Å²) in [7, 11) is 3.11. The Hall–Kier alpha value is -2.06. The van der Waals surface area contributed by atoms with E-state index in [9.17, 15) is 9.59 Å². The highest BCUT2D eigenvalue weighted by Gasteiger charge is 2.36. The van der Waals surface area contributed by atoms with Crippen molar-refractivity contribution in [3.8, 4) is 5.75 Å². The fourth-order valence-electron chi connectivity index (χ4n) is 4.23. The molecule has 1 saturated heterocycles. The Bertz CT molecular complexity index is 1080. The molecule has 1 amide bonds. The largest absolute Gasteiger partial charge is 0.496 e. The van der Waals surface area contributed by atoms with Gasteiger partial charge in [-0.25, -0.2) is 0 Å². The molecule has 2 aliphatic heterocycles. The molecule has 1 unspecified atom stereocenters. The van der Waals surface area contributed by atoms with E-state index in [2.05, 4.69) is 4.98 Å². The fourth-order valence-corrected chi connectivity index (χ4v) is 4.89. The Balaban J connectivity index is 1.71. The molecule has 31 heavy (non-hydrogen) atoms. The van der Waals surface area contributed by atoms with E-state index in [1.165, 1.54) is 7.11 Å². The Morgan fingerprint density at radius 2 is 2.00 bits per heavy atom. The van der Waals surface area contributed by atoms with Crippen molar-refractivity contribution < 1.29 is 19.0 Å². The van der Waals surface area contributed by atoms with Crippen molar-refractivity contribution in [2.45, 2.75) is 26.0 Å². The van der Waals surface area contributed by atoms with Gasteiger partial charge in [0.15, 0.2) is 0 Å². The second kappa shape index (κ2) is 8.82. The Morgan fingerprint density at radius 3 is 2.61 bits per heavy atom. The van der Waals surface area contributed by atoms with Crippen LogP contribution in [0.25, 0.3) is 0 Å². The predicted molar refractivity (Wildman–Crippen MR) is 117 cm³/mol. The van der Waals surface area contributed by atoms with Crippen LogP contribution in [0, 0.1) is 12.8 Å². The lowest BCUT2D eigenvalue weighted by molar-refractivity contribution is -0.105. The van der Waals surface area contributed by atoms with Crippen molar-refractivity contribution in [3.05, 3.63) is 60.5 Å². The lowest BCUT2D eigenvalue weighted by Crippen LogP contribution is -2.39. The third-order valence-corrected chi connectivity index (χ3v) is 6.67. The van der Waals surface area contributed by atoms with Gasteiger partial charge in [0.25, 0.3) is 11.5 Å². The predicted octanol–water partition coefficient (Wildman–Crippen LogP) is 3.53. The molecule has 4 rings (SSSR count). The number of rotatable bonds is 6. The zero-order valence-electron chi connectivity index (χ0n) is 17.6. The van der Waals surface area contributed by atoms with E-state index < -0.39 is 0 Å². The first kappa shape index (κ1) is 22.1. The minimum absolute atomic E-state index is 0.111. The number of nitrogens with zero attached hydrogens (tertiary/aromatic N) is 1. The van der Waals surface area contributed by atoms with Crippen LogP contribution in [0.1, 0.15) is 38.8 Å². The number of methoxy groups -OCH3 is 2. The van der Waals surface area contributed by atoms with E-state index in [4.69, 9.17) is 37.4 Å². The molecule has 2 aliphatic rings. The SMILES string of the molecule is COc1cc(C)[nH]c(=O)c1CN1CCc2c(Cl)cc(C(OC)C3COC3)c(Cl)c2C1=O.